The van der Waals surface area contributed by atoms with Gasteiger partial charge in [0, 0.05) is 20.7 Å². The highest BCUT2D eigenvalue weighted by Gasteiger charge is 2.68. The van der Waals surface area contributed by atoms with Crippen LogP contribution in [0.15, 0.2) is 35.9 Å². The second kappa shape index (κ2) is 7.30. The number of nitrogens with zero attached hydrogens (tertiary/aromatic N) is 2. The molecule has 8 rings (SSSR count). The van der Waals surface area contributed by atoms with Gasteiger partial charge in [-0.05, 0) is 110 Å². The Balaban J connectivity index is 1.46. The lowest BCUT2D eigenvalue weighted by Gasteiger charge is -2.63. The van der Waals surface area contributed by atoms with E-state index in [0.717, 1.165) is 60.0 Å². The van der Waals surface area contributed by atoms with Crippen LogP contribution < -0.4 is 4.74 Å². The summed E-state index contributed by atoms with van der Waals surface area (Å²) in [7, 11) is 1.67. The highest BCUT2D eigenvalue weighted by molar-refractivity contribution is 7.16. The van der Waals surface area contributed by atoms with Gasteiger partial charge >= 0.3 is 0 Å². The van der Waals surface area contributed by atoms with Crippen molar-refractivity contribution in [3.63, 3.8) is 0 Å². The Labute approximate surface area is 209 Å². The number of allylic oxidation sites excluding steroid dienone is 1. The Morgan fingerprint density at radius 1 is 1.09 bits per heavy atom. The monoisotopic (exact) mass is 484 g/mol. The van der Waals surface area contributed by atoms with Gasteiger partial charge in [-0.3, -0.25) is 14.5 Å². The fourth-order valence-corrected chi connectivity index (χ4v) is 10.3. The van der Waals surface area contributed by atoms with Crippen molar-refractivity contribution >= 4 is 28.7 Å². The van der Waals surface area contributed by atoms with Gasteiger partial charge in [0.1, 0.15) is 12.3 Å². The van der Waals surface area contributed by atoms with E-state index in [4.69, 9.17) is 4.74 Å². The van der Waals surface area contributed by atoms with E-state index in [1.165, 1.54) is 21.1 Å². The zero-order valence-corrected chi connectivity index (χ0v) is 20.9. The summed E-state index contributed by atoms with van der Waals surface area (Å²) in [6.07, 6.45) is 5.96. The number of imide groups is 1. The molecule has 5 fully saturated rings. The number of methoxy groups -OCH3 is 1. The third kappa shape index (κ3) is 2.63. The van der Waals surface area contributed by atoms with Crippen molar-refractivity contribution in [1.82, 2.24) is 4.90 Å². The quantitative estimate of drug-likeness (QED) is 0.431. The first kappa shape index (κ1) is 21.4. The number of carbonyl (C=O) groups is 2. The van der Waals surface area contributed by atoms with Gasteiger partial charge in [-0.15, -0.1) is 11.3 Å². The van der Waals surface area contributed by atoms with Crippen LogP contribution >= 0.6 is 11.3 Å². The number of carbonyl (C=O) groups excluding carboxylic acids is 2. The lowest BCUT2D eigenvalue weighted by atomic mass is 9.40. The number of nitriles is 1. The number of likely N-dealkylation sites (tertiary alicyclic amines) is 1. The average Bonchev–Trinajstić information content (AvgIpc) is 3.41. The molecule has 5 nitrogen and oxygen atoms in total. The topological polar surface area (TPSA) is 70.4 Å². The standard InChI is InChI=1S/C29H28N2O3S/c1-15-22-14-23(18-3-5-21(34-2)6-4-18)35-26(22)29(19-10-16-9-17(12-19)13-20(29)11-16)25-24(15)27(32)31(8-7-30)28(25)33/h3-6,14,16-17,19-20,25H,8-13H2,1-2H3. The summed E-state index contributed by atoms with van der Waals surface area (Å²) in [5.74, 6) is 2.37. The Hall–Kier alpha value is -2.91. The molecule has 1 aliphatic heterocycles. The predicted octanol–water partition coefficient (Wildman–Crippen LogP) is 5.41. The van der Waals surface area contributed by atoms with Crippen molar-refractivity contribution in [3.05, 3.63) is 46.3 Å². The first-order valence-corrected chi connectivity index (χ1v) is 13.5. The van der Waals surface area contributed by atoms with Crippen LogP contribution in [0.1, 0.15) is 49.5 Å². The van der Waals surface area contributed by atoms with E-state index in [-0.39, 0.29) is 23.8 Å². The molecule has 1 atom stereocenters. The molecular weight excluding hydrogens is 456 g/mol. The molecule has 0 radical (unpaired) electrons. The summed E-state index contributed by atoms with van der Waals surface area (Å²) in [4.78, 5) is 31.3. The predicted molar refractivity (Wildman–Crippen MR) is 133 cm³/mol. The number of amides is 2. The lowest BCUT2D eigenvalue weighted by molar-refractivity contribution is -0.144. The Morgan fingerprint density at radius 2 is 1.74 bits per heavy atom. The van der Waals surface area contributed by atoms with Gasteiger partial charge in [-0.2, -0.15) is 5.26 Å². The first-order valence-electron chi connectivity index (χ1n) is 12.7. The van der Waals surface area contributed by atoms with E-state index >= 15 is 0 Å². The smallest absolute Gasteiger partial charge is 0.258 e. The molecule has 0 N–H and O–H groups in total. The van der Waals surface area contributed by atoms with Crippen LogP contribution in [-0.2, 0) is 15.0 Å². The van der Waals surface area contributed by atoms with E-state index in [1.54, 1.807) is 7.11 Å². The summed E-state index contributed by atoms with van der Waals surface area (Å²) in [6.45, 7) is 1.85. The van der Waals surface area contributed by atoms with Crippen molar-refractivity contribution < 1.29 is 14.3 Å². The number of ether oxygens (including phenoxy) is 1. The second-order valence-corrected chi connectivity index (χ2v) is 12.2. The fraction of sp³-hybridized carbons (Fsp3) is 0.483. The minimum atomic E-state index is -0.437. The minimum absolute atomic E-state index is 0.136. The Kier molecular flexibility index (Phi) is 4.46. The number of hydrogen-bond acceptors (Lipinski definition) is 5. The number of fused-ring (bicyclic) bond motifs is 2. The third-order valence-corrected chi connectivity index (χ3v) is 11.1. The molecule has 6 aliphatic rings. The maximum atomic E-state index is 14.0. The van der Waals surface area contributed by atoms with E-state index in [1.807, 2.05) is 30.4 Å². The normalized spacial score (nSPS) is 34.4. The zero-order valence-electron chi connectivity index (χ0n) is 20.0. The van der Waals surface area contributed by atoms with Crippen LogP contribution in [0.3, 0.4) is 0 Å². The maximum absolute atomic E-state index is 14.0. The van der Waals surface area contributed by atoms with E-state index < -0.39 is 5.92 Å². The van der Waals surface area contributed by atoms with Gasteiger partial charge in [0.05, 0.1) is 19.1 Å². The molecule has 1 unspecified atom stereocenters. The molecule has 4 saturated carbocycles. The van der Waals surface area contributed by atoms with Gasteiger partial charge in [0.15, 0.2) is 0 Å². The minimum Gasteiger partial charge on any atom is -0.497 e. The van der Waals surface area contributed by atoms with Crippen LogP contribution in [0.2, 0.25) is 0 Å². The van der Waals surface area contributed by atoms with Gasteiger partial charge < -0.3 is 4.74 Å². The average molecular weight is 485 g/mol. The van der Waals surface area contributed by atoms with Crippen molar-refractivity contribution in [2.45, 2.75) is 44.4 Å². The summed E-state index contributed by atoms with van der Waals surface area (Å²) in [5.41, 5.74) is 3.57. The van der Waals surface area contributed by atoms with E-state index in [0.29, 0.717) is 17.4 Å². The van der Waals surface area contributed by atoms with Gasteiger partial charge in [-0.1, -0.05) is 0 Å². The summed E-state index contributed by atoms with van der Waals surface area (Å²) in [6, 6.07) is 12.5. The molecule has 1 aromatic carbocycles. The fourth-order valence-electron chi connectivity index (χ4n) is 8.66. The molecule has 4 bridgehead atoms. The number of benzene rings is 1. The van der Waals surface area contributed by atoms with Crippen LogP contribution in [0.25, 0.3) is 16.0 Å². The highest BCUT2D eigenvalue weighted by Crippen LogP contribution is 2.70. The van der Waals surface area contributed by atoms with Crippen molar-refractivity contribution in [2.75, 3.05) is 13.7 Å². The summed E-state index contributed by atoms with van der Waals surface area (Å²) >= 11 is 1.83. The molecule has 2 amide bonds. The SMILES string of the molecule is COc1ccc(-c2cc3c(s2)C2(C4CC5CC(C4)CC2C5)C2C(=O)N(CC#N)C(=O)C2=C3C)cc1. The van der Waals surface area contributed by atoms with Crippen molar-refractivity contribution in [3.8, 4) is 22.3 Å². The molecular formula is C29H28N2O3S. The molecule has 2 heterocycles. The zero-order chi connectivity index (χ0) is 24.1. The van der Waals surface area contributed by atoms with E-state index in [2.05, 4.69) is 24.3 Å². The lowest BCUT2D eigenvalue weighted by Crippen LogP contribution is -2.61. The summed E-state index contributed by atoms with van der Waals surface area (Å²) < 4.78 is 5.36. The highest BCUT2D eigenvalue weighted by atomic mass is 32.1. The van der Waals surface area contributed by atoms with Gasteiger partial charge in [0.25, 0.3) is 5.91 Å². The van der Waals surface area contributed by atoms with Crippen molar-refractivity contribution in [1.29, 1.82) is 5.26 Å². The maximum Gasteiger partial charge on any atom is 0.258 e. The molecule has 2 aromatic rings. The molecule has 1 spiro atoms. The molecule has 6 heteroatoms. The van der Waals surface area contributed by atoms with E-state index in [9.17, 15) is 14.9 Å². The molecule has 1 saturated heterocycles. The van der Waals surface area contributed by atoms with Gasteiger partial charge in [0.2, 0.25) is 5.91 Å². The number of hydrogen-bond donors (Lipinski definition) is 0. The van der Waals surface area contributed by atoms with Crippen molar-refractivity contribution in [2.24, 2.45) is 29.6 Å². The van der Waals surface area contributed by atoms with Crippen LogP contribution in [0.4, 0.5) is 0 Å². The Bertz CT molecular complexity index is 1320. The largest absolute Gasteiger partial charge is 0.497 e. The van der Waals surface area contributed by atoms with Crippen LogP contribution in [-0.4, -0.2) is 30.4 Å². The molecule has 35 heavy (non-hydrogen) atoms. The number of rotatable bonds is 3. The van der Waals surface area contributed by atoms with Crippen LogP contribution in [0.5, 0.6) is 5.75 Å². The number of thiophene rings is 1. The second-order valence-electron chi connectivity index (χ2n) is 11.2. The third-order valence-electron chi connectivity index (χ3n) is 9.78. The molecule has 5 aliphatic carbocycles. The molecule has 1 aromatic heterocycles. The van der Waals surface area contributed by atoms with Gasteiger partial charge in [-0.25, -0.2) is 0 Å². The first-order chi connectivity index (χ1) is 17.0. The molecule has 178 valence electrons. The van der Waals surface area contributed by atoms with Crippen LogP contribution in [0, 0.1) is 40.9 Å². The Morgan fingerprint density at radius 3 is 2.34 bits per heavy atom. The summed E-state index contributed by atoms with van der Waals surface area (Å²) in [5, 5.41) is 9.38.